The molecule has 0 saturated heterocycles. The summed E-state index contributed by atoms with van der Waals surface area (Å²) in [6.07, 6.45) is 2.70. The van der Waals surface area contributed by atoms with E-state index in [9.17, 15) is 17.9 Å². The molecule has 1 atom stereocenters. The Morgan fingerprint density at radius 1 is 1.45 bits per heavy atom. The molecule has 12 heteroatoms. The predicted octanol–water partition coefficient (Wildman–Crippen LogP) is 1.18. The number of furan rings is 1. The van der Waals surface area contributed by atoms with Gasteiger partial charge in [-0.2, -0.15) is 4.72 Å². The number of sulfonamides is 1. The van der Waals surface area contributed by atoms with Crippen LogP contribution >= 0.6 is 19.2 Å². The summed E-state index contributed by atoms with van der Waals surface area (Å²) in [7, 11) is -8.24. The summed E-state index contributed by atoms with van der Waals surface area (Å²) in [4.78, 5) is 13.2. The van der Waals surface area contributed by atoms with Crippen molar-refractivity contribution in [2.45, 2.75) is 4.90 Å². The van der Waals surface area contributed by atoms with Gasteiger partial charge in [0, 0.05) is 6.20 Å². The van der Waals surface area contributed by atoms with Gasteiger partial charge in [-0.25, -0.2) is 18.0 Å². The van der Waals surface area contributed by atoms with E-state index >= 15 is 0 Å². The average Bonchev–Trinajstić information content (AvgIpc) is 2.94. The fourth-order valence-corrected chi connectivity index (χ4v) is 3.93. The number of rotatable bonds is 6. The Morgan fingerprint density at radius 3 is 2.77 bits per heavy atom. The van der Waals surface area contributed by atoms with Crippen molar-refractivity contribution in [1.29, 1.82) is 0 Å². The van der Waals surface area contributed by atoms with Crippen molar-refractivity contribution in [2.24, 2.45) is 0 Å². The second kappa shape index (κ2) is 7.94. The van der Waals surface area contributed by atoms with Crippen molar-refractivity contribution in [3.63, 3.8) is 0 Å². The van der Waals surface area contributed by atoms with Gasteiger partial charge in [0.25, 0.3) is 0 Å². The molecule has 0 spiro atoms. The SMILES string of the molecule is O=P(O)(CNS(=O)(=O)c1ccoc1)Oc1cccnc1Cl.[NaH]. The summed E-state index contributed by atoms with van der Waals surface area (Å²) in [5.74, 6) is -0.118. The van der Waals surface area contributed by atoms with Crippen LogP contribution in [0.1, 0.15) is 0 Å². The molecule has 2 N–H and O–H groups in total. The summed E-state index contributed by atoms with van der Waals surface area (Å²) in [6.45, 7) is 0. The normalized spacial score (nSPS) is 13.9. The monoisotopic (exact) mass is 376 g/mol. The Balaban J connectivity index is 0.00000242. The topological polar surface area (TPSA) is 119 Å². The molecule has 0 fully saturated rings. The van der Waals surface area contributed by atoms with E-state index < -0.39 is 23.9 Å². The van der Waals surface area contributed by atoms with Crippen LogP contribution in [0.5, 0.6) is 5.75 Å². The van der Waals surface area contributed by atoms with Crippen LogP contribution in [-0.2, 0) is 14.6 Å². The summed E-state index contributed by atoms with van der Waals surface area (Å²) in [5.41, 5.74) is 0. The number of nitrogens with one attached hydrogen (secondary N) is 1. The van der Waals surface area contributed by atoms with Gasteiger partial charge in [-0.05, 0) is 18.2 Å². The fraction of sp³-hybridized carbons (Fsp3) is 0.100. The van der Waals surface area contributed by atoms with Crippen molar-refractivity contribution < 1.29 is 26.8 Å². The second-order valence-corrected chi connectivity index (χ2v) is 7.68. The molecule has 0 amide bonds. The molecular formula is C10H11ClN2NaO6PS. The zero-order valence-corrected chi connectivity index (χ0v) is 12.8. The minimum absolute atomic E-state index is 0. The van der Waals surface area contributed by atoms with Gasteiger partial charge in [0.1, 0.15) is 17.4 Å². The van der Waals surface area contributed by atoms with Crippen LogP contribution in [0.4, 0.5) is 0 Å². The molecule has 0 aliphatic heterocycles. The first-order valence-corrected chi connectivity index (χ1v) is 9.06. The third-order valence-corrected chi connectivity index (χ3v) is 5.14. The van der Waals surface area contributed by atoms with Crippen LogP contribution in [0.2, 0.25) is 5.15 Å². The van der Waals surface area contributed by atoms with E-state index in [2.05, 4.69) is 9.40 Å². The quantitative estimate of drug-likeness (QED) is 0.441. The van der Waals surface area contributed by atoms with E-state index in [1.54, 1.807) is 0 Å². The third kappa shape index (κ3) is 5.36. The molecule has 2 heterocycles. The Kier molecular flexibility index (Phi) is 7.10. The van der Waals surface area contributed by atoms with Crippen LogP contribution in [0.3, 0.4) is 0 Å². The summed E-state index contributed by atoms with van der Waals surface area (Å²) < 4.78 is 46.8. The van der Waals surface area contributed by atoms with E-state index in [1.807, 2.05) is 4.72 Å². The summed E-state index contributed by atoms with van der Waals surface area (Å²) >= 11 is 5.68. The van der Waals surface area contributed by atoms with Gasteiger partial charge in [-0.1, -0.05) is 11.6 Å². The first-order chi connectivity index (χ1) is 9.80. The van der Waals surface area contributed by atoms with E-state index in [4.69, 9.17) is 16.1 Å². The first kappa shape index (κ1) is 19.7. The van der Waals surface area contributed by atoms with Crippen molar-refractivity contribution in [3.05, 3.63) is 42.1 Å². The molecule has 0 radical (unpaired) electrons. The third-order valence-electron chi connectivity index (χ3n) is 2.23. The van der Waals surface area contributed by atoms with Crippen molar-refractivity contribution in [2.75, 3.05) is 6.29 Å². The Labute approximate surface area is 153 Å². The average molecular weight is 377 g/mol. The standard InChI is InChI=1S/C10H10ClN2O6PS.Na.H/c11-10-9(2-1-4-12-10)19-20(14,15)7-13-21(16,17)8-3-5-18-6-8;;/h1-6,13H,7H2,(H,14,15);;. The molecule has 0 bridgehead atoms. The minimum atomic E-state index is -4.28. The van der Waals surface area contributed by atoms with Crippen molar-refractivity contribution in [3.8, 4) is 5.75 Å². The van der Waals surface area contributed by atoms with Crippen LogP contribution in [0, 0.1) is 0 Å². The van der Waals surface area contributed by atoms with E-state index in [0.29, 0.717) is 0 Å². The number of halogens is 1. The fourth-order valence-electron chi connectivity index (χ4n) is 1.28. The van der Waals surface area contributed by atoms with Gasteiger partial charge < -0.3 is 13.8 Å². The van der Waals surface area contributed by atoms with Crippen LogP contribution < -0.4 is 9.25 Å². The molecule has 2 rings (SSSR count). The molecule has 116 valence electrons. The van der Waals surface area contributed by atoms with Gasteiger partial charge >= 0.3 is 37.2 Å². The predicted molar refractivity (Wildman–Crippen MR) is 80.7 cm³/mol. The Morgan fingerprint density at radius 2 is 2.18 bits per heavy atom. The molecule has 8 nitrogen and oxygen atoms in total. The number of hydrogen-bond donors (Lipinski definition) is 2. The molecule has 0 aliphatic carbocycles. The molecule has 0 aromatic carbocycles. The zero-order valence-electron chi connectivity index (χ0n) is 10.3. The number of pyridine rings is 1. The zero-order chi connectivity index (χ0) is 15.5. The van der Waals surface area contributed by atoms with E-state index in [-0.39, 0.29) is 45.4 Å². The summed E-state index contributed by atoms with van der Waals surface area (Å²) in [5, 5.41) is -0.107. The maximum atomic E-state index is 11.8. The Hall–Kier alpha value is -0.380. The van der Waals surface area contributed by atoms with E-state index in [1.165, 1.54) is 30.7 Å². The van der Waals surface area contributed by atoms with Gasteiger partial charge in [0.05, 0.1) is 6.26 Å². The molecule has 0 saturated carbocycles. The molecule has 2 aromatic rings. The van der Waals surface area contributed by atoms with Crippen molar-refractivity contribution >= 4 is 58.8 Å². The van der Waals surface area contributed by atoms with Gasteiger partial charge in [0.15, 0.2) is 10.9 Å². The van der Waals surface area contributed by atoms with Crippen LogP contribution in [0.25, 0.3) is 0 Å². The molecule has 22 heavy (non-hydrogen) atoms. The molecule has 1 unspecified atom stereocenters. The van der Waals surface area contributed by atoms with Crippen LogP contribution in [-0.4, -0.2) is 54.1 Å². The molecule has 2 aromatic heterocycles. The van der Waals surface area contributed by atoms with E-state index in [0.717, 1.165) is 6.26 Å². The van der Waals surface area contributed by atoms with Crippen LogP contribution in [0.15, 0.2) is 46.2 Å². The maximum absolute atomic E-state index is 11.8. The molecular weight excluding hydrogens is 366 g/mol. The first-order valence-electron chi connectivity index (χ1n) is 5.44. The van der Waals surface area contributed by atoms with Gasteiger partial charge in [-0.3, -0.25) is 0 Å². The van der Waals surface area contributed by atoms with Gasteiger partial charge in [-0.15, -0.1) is 0 Å². The Bertz CT molecular complexity index is 769. The van der Waals surface area contributed by atoms with Gasteiger partial charge in [0.2, 0.25) is 10.0 Å². The number of aromatic nitrogens is 1. The summed E-state index contributed by atoms with van der Waals surface area (Å²) in [6, 6.07) is 3.99. The second-order valence-electron chi connectivity index (χ2n) is 3.79. The number of hydrogen-bond acceptors (Lipinski definition) is 6. The number of nitrogens with zero attached hydrogens (tertiary/aromatic N) is 1. The molecule has 0 aliphatic rings. The van der Waals surface area contributed by atoms with Crippen molar-refractivity contribution in [1.82, 2.24) is 9.71 Å².